The highest BCUT2D eigenvalue weighted by Crippen LogP contribution is 2.63. The summed E-state index contributed by atoms with van der Waals surface area (Å²) in [5.41, 5.74) is 5.07. The third-order valence-electron chi connectivity index (χ3n) is 13.2. The molecular weight excluding hydrogens is 803 g/mol. The number of piperazine rings is 1. The van der Waals surface area contributed by atoms with E-state index in [1.165, 1.54) is 32.1 Å². The van der Waals surface area contributed by atoms with Crippen molar-refractivity contribution >= 4 is 29.8 Å². The molecule has 1 fully saturated rings. The van der Waals surface area contributed by atoms with Crippen LogP contribution in [0.1, 0.15) is 73.8 Å². The molecule has 4 bridgehead atoms. The number of esters is 2. The van der Waals surface area contributed by atoms with Gasteiger partial charge in [-0.1, -0.05) is 36.4 Å². The van der Waals surface area contributed by atoms with Crippen LogP contribution in [-0.4, -0.2) is 90.4 Å². The summed E-state index contributed by atoms with van der Waals surface area (Å²) in [4.78, 5) is 30.8. The van der Waals surface area contributed by atoms with Crippen LogP contribution in [0, 0.1) is 13.8 Å². The van der Waals surface area contributed by atoms with Crippen LogP contribution in [0.15, 0.2) is 54.6 Å². The molecule has 7 atom stereocenters. The molecule has 4 aromatic rings. The Hall–Kier alpha value is -5.45. The largest absolute Gasteiger partial charge is 0.504 e. The van der Waals surface area contributed by atoms with Crippen LogP contribution in [0.4, 0.5) is 0 Å². The van der Waals surface area contributed by atoms with E-state index < -0.39 is 53.1 Å². The fourth-order valence-corrected chi connectivity index (χ4v) is 12.3. The molecule has 14 nitrogen and oxygen atoms in total. The van der Waals surface area contributed by atoms with Crippen LogP contribution >= 0.6 is 11.8 Å². The van der Waals surface area contributed by atoms with Gasteiger partial charge < -0.3 is 49.1 Å². The van der Waals surface area contributed by atoms with Gasteiger partial charge in [0.25, 0.3) is 0 Å². The van der Waals surface area contributed by atoms with Crippen LogP contribution in [0.25, 0.3) is 6.08 Å². The van der Waals surface area contributed by atoms with Gasteiger partial charge in [-0.25, -0.2) is 9.59 Å². The molecule has 6 aliphatic heterocycles. The van der Waals surface area contributed by atoms with Gasteiger partial charge in [-0.05, 0) is 72.7 Å². The number of fused-ring (bicyclic) bond motifs is 11. The van der Waals surface area contributed by atoms with Gasteiger partial charge in [-0.15, -0.1) is 11.8 Å². The van der Waals surface area contributed by atoms with E-state index in [4.69, 9.17) is 28.4 Å². The predicted molar refractivity (Wildman–Crippen MR) is 224 cm³/mol. The fraction of sp³-hybridized carbons (Fsp3) is 0.391. The molecule has 61 heavy (non-hydrogen) atoms. The molecule has 10 rings (SSSR count). The third-order valence-corrected chi connectivity index (χ3v) is 14.7. The Morgan fingerprint density at radius 3 is 2.57 bits per heavy atom. The van der Waals surface area contributed by atoms with Gasteiger partial charge in [0.2, 0.25) is 6.79 Å². The normalized spacial score (nSPS) is 27.3. The average molecular weight is 850 g/mol. The number of phenols is 2. The molecule has 2 unspecified atom stereocenters. The van der Waals surface area contributed by atoms with Gasteiger partial charge in [-0.3, -0.25) is 10.2 Å². The standard InChI is InChI=1S/C46H47N3O11S/c1-22-16-26-17-28-44(53)49-29-13-15-57-45(54)46(27-19-31(55-3)30(50)18-25(27)12-14-47-46)20-61-43(37(49)36(48-28)33(26)38(52)39(22)56-4)35-34(29)42-41(58-21-59-42)23(2)40(35)60-32(51)11-10-24-8-6-5-7-9-24/h5-11,16,18-19,28-29,36-37,43-44,47-48,50,52-53H,12-15,17,20-21H2,1-4H3/b11-10+/t28?,29-,36?,37+,43+,44-,46+/m0/s1. The Bertz CT molecular complexity index is 2500. The first kappa shape index (κ1) is 39.7. The Morgan fingerprint density at radius 2 is 1.79 bits per heavy atom. The van der Waals surface area contributed by atoms with E-state index in [0.717, 1.165) is 22.3 Å². The number of hydrogen-bond donors (Lipinski definition) is 5. The number of aliphatic hydroxyl groups is 1. The minimum absolute atomic E-state index is 0.0181. The van der Waals surface area contributed by atoms with Crippen molar-refractivity contribution in [1.29, 1.82) is 0 Å². The van der Waals surface area contributed by atoms with Crippen molar-refractivity contribution in [3.63, 3.8) is 0 Å². The monoisotopic (exact) mass is 849 g/mol. The molecule has 0 amide bonds. The maximum atomic E-state index is 14.7. The fourth-order valence-electron chi connectivity index (χ4n) is 10.6. The van der Waals surface area contributed by atoms with E-state index in [1.807, 2.05) is 50.2 Å². The van der Waals surface area contributed by atoms with Crippen LogP contribution < -0.4 is 34.3 Å². The van der Waals surface area contributed by atoms with Gasteiger partial charge in [0.1, 0.15) is 12.0 Å². The molecule has 0 aromatic heterocycles. The topological polar surface area (TPSA) is 178 Å². The van der Waals surface area contributed by atoms with E-state index in [-0.39, 0.29) is 42.8 Å². The number of nitrogens with one attached hydrogen (secondary N) is 2. The van der Waals surface area contributed by atoms with E-state index in [9.17, 15) is 24.9 Å². The van der Waals surface area contributed by atoms with E-state index >= 15 is 0 Å². The molecular formula is C46H47N3O11S. The van der Waals surface area contributed by atoms with Gasteiger partial charge in [0.05, 0.1) is 38.2 Å². The molecule has 1 saturated heterocycles. The van der Waals surface area contributed by atoms with Crippen molar-refractivity contribution in [2.24, 2.45) is 0 Å². The maximum Gasteiger partial charge on any atom is 0.336 e. The summed E-state index contributed by atoms with van der Waals surface area (Å²) >= 11 is 1.45. The number of phenolic OH excluding ortho intramolecular Hbond substituents is 2. The second-order valence-corrected chi connectivity index (χ2v) is 17.5. The van der Waals surface area contributed by atoms with Crippen molar-refractivity contribution in [3.8, 4) is 40.2 Å². The maximum absolute atomic E-state index is 14.7. The highest BCUT2D eigenvalue weighted by atomic mass is 32.2. The Labute approximate surface area is 356 Å². The van der Waals surface area contributed by atoms with Crippen molar-refractivity contribution in [3.05, 3.63) is 105 Å². The van der Waals surface area contributed by atoms with Crippen LogP contribution in [-0.2, 0) is 32.7 Å². The van der Waals surface area contributed by atoms with Crippen molar-refractivity contribution < 1.29 is 53.3 Å². The van der Waals surface area contributed by atoms with Gasteiger partial charge in [0.15, 0.2) is 40.0 Å². The Morgan fingerprint density at radius 1 is 0.984 bits per heavy atom. The lowest BCUT2D eigenvalue weighted by atomic mass is 9.73. The molecule has 1 spiro atoms. The number of aryl methyl sites for hydroxylation is 1. The molecule has 5 N–H and O–H groups in total. The highest BCUT2D eigenvalue weighted by Gasteiger charge is 2.59. The molecule has 0 saturated carbocycles. The molecule has 0 radical (unpaired) electrons. The van der Waals surface area contributed by atoms with Crippen molar-refractivity contribution in [2.45, 2.75) is 74.3 Å². The lowest BCUT2D eigenvalue weighted by Crippen LogP contribution is -2.69. The summed E-state index contributed by atoms with van der Waals surface area (Å²) in [5, 5.41) is 42.1. The molecule has 318 valence electrons. The number of rotatable bonds is 5. The summed E-state index contributed by atoms with van der Waals surface area (Å²) in [6, 6.07) is 12.6. The van der Waals surface area contributed by atoms with Crippen molar-refractivity contribution in [1.82, 2.24) is 15.5 Å². The van der Waals surface area contributed by atoms with Gasteiger partial charge >= 0.3 is 11.9 Å². The number of aliphatic hydroxyl groups excluding tert-OH is 1. The number of ether oxygens (including phenoxy) is 6. The number of benzene rings is 4. The summed E-state index contributed by atoms with van der Waals surface area (Å²) in [6.07, 6.45) is 3.25. The molecule has 4 aromatic carbocycles. The number of nitrogens with zero attached hydrogens (tertiary/aromatic N) is 1. The lowest BCUT2D eigenvalue weighted by molar-refractivity contribution is -0.154. The van der Waals surface area contributed by atoms with E-state index in [1.54, 1.807) is 18.2 Å². The first-order valence-corrected chi connectivity index (χ1v) is 21.6. The lowest BCUT2D eigenvalue weighted by Gasteiger charge is -2.59. The summed E-state index contributed by atoms with van der Waals surface area (Å²) < 4.78 is 36.5. The molecule has 0 aliphatic carbocycles. The first-order valence-electron chi connectivity index (χ1n) is 20.5. The zero-order valence-corrected chi connectivity index (χ0v) is 35.0. The zero-order chi connectivity index (χ0) is 42.3. The minimum atomic E-state index is -1.40. The number of aromatic hydroxyl groups is 2. The zero-order valence-electron chi connectivity index (χ0n) is 34.2. The number of hydrogen-bond acceptors (Lipinski definition) is 15. The Balaban J connectivity index is 1.21. The SMILES string of the molecule is COc1cc2c(cc1O)CCN[C@]21CS[C@@H]2c3c(OC(=O)/C=C/c4ccccc4)c(C)c4c(c3[C@H](CCOC1=O)N1[C@@H]2C2NC(Cc3cc(C)c(OC)c(O)c32)[C@@H]1O)OCO4. The van der Waals surface area contributed by atoms with Gasteiger partial charge in [0, 0.05) is 59.1 Å². The second kappa shape index (κ2) is 15.2. The molecule has 6 heterocycles. The molecule has 15 heteroatoms. The highest BCUT2D eigenvalue weighted by molar-refractivity contribution is 7.99. The van der Waals surface area contributed by atoms with Crippen LogP contribution in [0.2, 0.25) is 0 Å². The number of thioether (sulfide) groups is 1. The minimum Gasteiger partial charge on any atom is -0.504 e. The quantitative estimate of drug-likeness (QED) is 0.101. The van der Waals surface area contributed by atoms with Crippen LogP contribution in [0.5, 0.6) is 40.2 Å². The van der Waals surface area contributed by atoms with Crippen molar-refractivity contribution in [2.75, 3.05) is 39.9 Å². The Kier molecular flexibility index (Phi) is 9.87. The summed E-state index contributed by atoms with van der Waals surface area (Å²) in [7, 11) is 3.00. The van der Waals surface area contributed by atoms with E-state index in [2.05, 4.69) is 15.5 Å². The predicted octanol–water partition coefficient (Wildman–Crippen LogP) is 5.15. The van der Waals surface area contributed by atoms with Crippen LogP contribution in [0.3, 0.4) is 0 Å². The number of carbonyl (C=O) groups excluding carboxylic acids is 2. The summed E-state index contributed by atoms with van der Waals surface area (Å²) in [6.45, 7) is 4.04. The first-order chi connectivity index (χ1) is 29.5. The third kappa shape index (κ3) is 6.15. The average Bonchev–Trinajstić information content (AvgIpc) is 3.74. The number of carbonyl (C=O) groups is 2. The number of cyclic esters (lactones) is 1. The van der Waals surface area contributed by atoms with E-state index in [0.29, 0.717) is 70.2 Å². The second-order valence-electron chi connectivity index (χ2n) is 16.4. The molecule has 6 aliphatic rings. The summed E-state index contributed by atoms with van der Waals surface area (Å²) in [5.74, 6) is 0.812. The number of methoxy groups -OCH3 is 2. The smallest absolute Gasteiger partial charge is 0.336 e. The van der Waals surface area contributed by atoms with Gasteiger partial charge in [-0.2, -0.15) is 0 Å².